The lowest BCUT2D eigenvalue weighted by molar-refractivity contribution is -0.124. The summed E-state index contributed by atoms with van der Waals surface area (Å²) in [4.78, 5) is 39.0. The van der Waals surface area contributed by atoms with Crippen molar-refractivity contribution in [2.45, 2.75) is 25.0 Å². The van der Waals surface area contributed by atoms with Gasteiger partial charge < -0.3 is 32.1 Å². The third kappa shape index (κ3) is 4.21. The van der Waals surface area contributed by atoms with Crippen LogP contribution < -0.4 is 22.1 Å². The van der Waals surface area contributed by atoms with Gasteiger partial charge in [0, 0.05) is 30.7 Å². The van der Waals surface area contributed by atoms with E-state index in [-0.39, 0.29) is 30.8 Å². The van der Waals surface area contributed by atoms with Gasteiger partial charge in [0.2, 0.25) is 5.91 Å². The molecule has 4 amide bonds. The maximum atomic E-state index is 13.0. The summed E-state index contributed by atoms with van der Waals surface area (Å²) in [5.74, 6) is -0.230. The molecule has 3 aromatic rings. The first-order valence-corrected chi connectivity index (χ1v) is 10.1. The summed E-state index contributed by atoms with van der Waals surface area (Å²) in [7, 11) is 0. The van der Waals surface area contributed by atoms with E-state index in [1.54, 1.807) is 48.5 Å². The molecule has 10 heteroatoms. The van der Waals surface area contributed by atoms with Crippen molar-refractivity contribution in [3.05, 3.63) is 60.3 Å². The van der Waals surface area contributed by atoms with E-state index in [1.807, 2.05) is 0 Å². The lowest BCUT2D eigenvalue weighted by Crippen LogP contribution is -2.47. The number of nitrogens with zero attached hydrogens (tertiary/aromatic N) is 2. The van der Waals surface area contributed by atoms with Gasteiger partial charge in [-0.15, -0.1) is 0 Å². The van der Waals surface area contributed by atoms with Crippen molar-refractivity contribution in [3.63, 3.8) is 0 Å². The van der Waals surface area contributed by atoms with Crippen LogP contribution in [0.2, 0.25) is 0 Å². The number of aromatic hydroxyl groups is 1. The minimum atomic E-state index is -0.744. The summed E-state index contributed by atoms with van der Waals surface area (Å²) in [6.07, 6.45) is 1.78. The van der Waals surface area contributed by atoms with Gasteiger partial charge in [-0.3, -0.25) is 9.36 Å². The molecule has 2 atom stereocenters. The van der Waals surface area contributed by atoms with E-state index in [0.717, 1.165) is 5.56 Å². The van der Waals surface area contributed by atoms with Gasteiger partial charge in [0.25, 0.3) is 0 Å². The van der Waals surface area contributed by atoms with Crippen molar-refractivity contribution < 1.29 is 19.5 Å². The number of urea groups is 1. The predicted molar refractivity (Wildman–Crippen MR) is 119 cm³/mol. The molecule has 0 spiro atoms. The Hall–Kier alpha value is -4.05. The molecule has 4 rings (SSSR count). The number of benzene rings is 2. The molecule has 2 aromatic carbocycles. The standard InChI is InChI=1S/C22H24N6O4/c23-14-9-19(20(30)25-10-13-4-3-5-15(29)8-13)28(11-14)22(32)26-17-12-27(21(24)31)18-7-2-1-6-16(17)18/h1-8,12,14,19,29H,9-11,23H2,(H2,24,31)(H,25,30)(H,26,32)/t14-,19-/m0/s1. The fourth-order valence-electron chi connectivity index (χ4n) is 3.96. The molecule has 1 fully saturated rings. The smallest absolute Gasteiger partial charge is 0.323 e. The number of rotatable bonds is 4. The van der Waals surface area contributed by atoms with Crippen molar-refractivity contribution in [3.8, 4) is 5.75 Å². The van der Waals surface area contributed by atoms with E-state index in [1.165, 1.54) is 15.7 Å². The van der Waals surface area contributed by atoms with Crippen molar-refractivity contribution in [1.82, 2.24) is 14.8 Å². The molecule has 166 valence electrons. The molecule has 1 aliphatic rings. The Balaban J connectivity index is 1.49. The van der Waals surface area contributed by atoms with Crippen LogP contribution in [0.15, 0.2) is 54.7 Å². The number of nitrogens with two attached hydrogens (primary N) is 2. The maximum absolute atomic E-state index is 13.0. The van der Waals surface area contributed by atoms with Crippen LogP contribution in [-0.4, -0.2) is 51.2 Å². The van der Waals surface area contributed by atoms with Crippen LogP contribution in [0.4, 0.5) is 15.3 Å². The number of fused-ring (bicyclic) bond motifs is 1. The molecule has 2 heterocycles. The Morgan fingerprint density at radius 2 is 1.91 bits per heavy atom. The predicted octanol–water partition coefficient (Wildman–Crippen LogP) is 1.52. The highest BCUT2D eigenvalue weighted by molar-refractivity contribution is 6.05. The first-order valence-electron chi connectivity index (χ1n) is 10.1. The van der Waals surface area contributed by atoms with Crippen molar-refractivity contribution in [2.75, 3.05) is 11.9 Å². The average Bonchev–Trinajstić information content (AvgIpc) is 3.33. The van der Waals surface area contributed by atoms with Crippen molar-refractivity contribution in [1.29, 1.82) is 0 Å². The number of anilines is 1. The number of para-hydroxylation sites is 1. The number of phenolic OH excluding ortho intramolecular Hbond substituents is 1. The zero-order chi connectivity index (χ0) is 22.8. The van der Waals surface area contributed by atoms with Crippen LogP contribution in [0.5, 0.6) is 5.75 Å². The fourth-order valence-corrected chi connectivity index (χ4v) is 3.96. The summed E-state index contributed by atoms with van der Waals surface area (Å²) in [6.45, 7) is 0.422. The molecule has 7 N–H and O–H groups in total. The van der Waals surface area contributed by atoms with Crippen LogP contribution in [0, 0.1) is 0 Å². The molecule has 1 aliphatic heterocycles. The zero-order valence-electron chi connectivity index (χ0n) is 17.2. The zero-order valence-corrected chi connectivity index (χ0v) is 17.2. The summed E-state index contributed by atoms with van der Waals surface area (Å²) in [6, 6.07) is 11.3. The third-order valence-electron chi connectivity index (χ3n) is 5.47. The third-order valence-corrected chi connectivity index (χ3v) is 5.47. The minimum absolute atomic E-state index is 0.107. The van der Waals surface area contributed by atoms with Crippen LogP contribution in [0.1, 0.15) is 12.0 Å². The average molecular weight is 436 g/mol. The lowest BCUT2D eigenvalue weighted by atomic mass is 10.1. The van der Waals surface area contributed by atoms with Gasteiger partial charge in [0.15, 0.2) is 0 Å². The Morgan fingerprint density at radius 1 is 1.12 bits per heavy atom. The van der Waals surface area contributed by atoms with Gasteiger partial charge in [0.05, 0.1) is 11.2 Å². The quantitative estimate of drug-likeness (QED) is 0.419. The Bertz CT molecular complexity index is 1190. The Morgan fingerprint density at radius 3 is 2.66 bits per heavy atom. The van der Waals surface area contributed by atoms with Gasteiger partial charge >= 0.3 is 12.1 Å². The maximum Gasteiger partial charge on any atom is 0.323 e. The van der Waals surface area contributed by atoms with Gasteiger partial charge in [0.1, 0.15) is 11.8 Å². The van der Waals surface area contributed by atoms with E-state index in [0.29, 0.717) is 23.0 Å². The Labute approximate surface area is 183 Å². The molecule has 0 saturated carbocycles. The molecular formula is C22H24N6O4. The molecule has 32 heavy (non-hydrogen) atoms. The molecule has 0 bridgehead atoms. The first kappa shape index (κ1) is 21.2. The SMILES string of the molecule is NC(=O)n1cc(NC(=O)N2C[C@@H](N)C[C@H]2C(=O)NCc2cccc(O)c2)c2ccccc21. The monoisotopic (exact) mass is 436 g/mol. The largest absolute Gasteiger partial charge is 0.508 e. The van der Waals surface area contributed by atoms with E-state index in [4.69, 9.17) is 11.5 Å². The van der Waals surface area contributed by atoms with Crippen LogP contribution in [-0.2, 0) is 11.3 Å². The van der Waals surface area contributed by atoms with Crippen molar-refractivity contribution >= 4 is 34.6 Å². The van der Waals surface area contributed by atoms with Gasteiger partial charge in [-0.1, -0.05) is 30.3 Å². The second kappa shape index (κ2) is 8.60. The molecule has 1 aromatic heterocycles. The highest BCUT2D eigenvalue weighted by atomic mass is 16.3. The van der Waals surface area contributed by atoms with Gasteiger partial charge in [-0.25, -0.2) is 9.59 Å². The number of amides is 4. The number of aromatic nitrogens is 1. The number of nitrogens with one attached hydrogen (secondary N) is 2. The molecule has 0 aliphatic carbocycles. The molecule has 0 unspecified atom stereocenters. The fraction of sp³-hybridized carbons (Fsp3) is 0.227. The summed E-state index contributed by atoms with van der Waals surface area (Å²) in [5.41, 5.74) is 13.2. The van der Waals surface area contributed by atoms with E-state index in [9.17, 15) is 19.5 Å². The number of hydrogen-bond acceptors (Lipinski definition) is 5. The number of carbonyl (C=O) groups is 3. The number of carbonyl (C=O) groups excluding carboxylic acids is 3. The van der Waals surface area contributed by atoms with E-state index >= 15 is 0 Å². The number of primary amides is 1. The molecular weight excluding hydrogens is 412 g/mol. The highest BCUT2D eigenvalue weighted by Crippen LogP contribution is 2.27. The minimum Gasteiger partial charge on any atom is -0.508 e. The van der Waals surface area contributed by atoms with Crippen LogP contribution >= 0.6 is 0 Å². The van der Waals surface area contributed by atoms with Crippen LogP contribution in [0.25, 0.3) is 10.9 Å². The van der Waals surface area contributed by atoms with Crippen molar-refractivity contribution in [2.24, 2.45) is 11.5 Å². The Kier molecular flexibility index (Phi) is 5.69. The second-order valence-electron chi connectivity index (χ2n) is 7.75. The van der Waals surface area contributed by atoms with E-state index in [2.05, 4.69) is 10.6 Å². The number of likely N-dealkylation sites (tertiary alicyclic amines) is 1. The van der Waals surface area contributed by atoms with E-state index < -0.39 is 18.1 Å². The van der Waals surface area contributed by atoms with Crippen LogP contribution in [0.3, 0.4) is 0 Å². The summed E-state index contributed by atoms with van der Waals surface area (Å²) in [5, 5.41) is 15.8. The lowest BCUT2D eigenvalue weighted by Gasteiger charge is -2.24. The van der Waals surface area contributed by atoms with Gasteiger partial charge in [-0.05, 0) is 30.2 Å². The molecule has 1 saturated heterocycles. The topological polar surface area (TPSA) is 156 Å². The first-order chi connectivity index (χ1) is 15.3. The highest BCUT2D eigenvalue weighted by Gasteiger charge is 2.38. The summed E-state index contributed by atoms with van der Waals surface area (Å²) >= 11 is 0. The number of hydrogen-bond donors (Lipinski definition) is 5. The number of phenols is 1. The van der Waals surface area contributed by atoms with Gasteiger partial charge in [-0.2, -0.15) is 0 Å². The summed E-state index contributed by atoms with van der Waals surface area (Å²) < 4.78 is 1.25. The second-order valence-corrected chi connectivity index (χ2v) is 7.75. The molecule has 0 radical (unpaired) electrons. The molecule has 10 nitrogen and oxygen atoms in total. The normalized spacial score (nSPS) is 18.0.